The van der Waals surface area contributed by atoms with Gasteiger partial charge in [-0.1, -0.05) is 0 Å². The Morgan fingerprint density at radius 3 is 2.76 bits per heavy atom. The smallest absolute Gasteiger partial charge is 0.299 e. The molecule has 0 bridgehead atoms. The van der Waals surface area contributed by atoms with Gasteiger partial charge >= 0.3 is 5.69 Å². The number of aryl methyl sites for hydroxylation is 1. The number of hydrogen-bond acceptors (Lipinski definition) is 4. The van der Waals surface area contributed by atoms with Crippen LogP contribution in [0.2, 0.25) is 0 Å². The van der Waals surface area contributed by atoms with Crippen LogP contribution in [0.5, 0.6) is 0 Å². The average molecular weight is 238 g/mol. The molecule has 94 valence electrons. The maximum absolute atomic E-state index is 10.8. The Morgan fingerprint density at radius 2 is 2.29 bits per heavy atom. The standard InChI is InChI=1S/C11H18N4O2/c1-8(2)13-5-4-10(6-13)14-7-11(15(16)17)9(3)12-14/h7-8,10H,4-6H2,1-3H3/t10-/m1/s1. The molecule has 0 amide bonds. The van der Waals surface area contributed by atoms with Crippen LogP contribution in [0, 0.1) is 17.0 Å². The molecule has 17 heavy (non-hydrogen) atoms. The molecule has 2 heterocycles. The fourth-order valence-corrected chi connectivity index (χ4v) is 2.29. The molecule has 0 radical (unpaired) electrons. The van der Waals surface area contributed by atoms with E-state index in [1.807, 2.05) is 0 Å². The number of nitrogens with zero attached hydrogens (tertiary/aromatic N) is 4. The first kappa shape index (κ1) is 12.0. The summed E-state index contributed by atoms with van der Waals surface area (Å²) in [6.07, 6.45) is 2.57. The van der Waals surface area contributed by atoms with Crippen molar-refractivity contribution in [1.29, 1.82) is 0 Å². The quantitative estimate of drug-likeness (QED) is 0.594. The molecular weight excluding hydrogens is 220 g/mol. The molecule has 0 aliphatic carbocycles. The molecule has 1 saturated heterocycles. The molecule has 6 nitrogen and oxygen atoms in total. The van der Waals surface area contributed by atoms with Gasteiger partial charge in [0.2, 0.25) is 0 Å². The lowest BCUT2D eigenvalue weighted by Crippen LogP contribution is -2.28. The molecule has 0 N–H and O–H groups in total. The van der Waals surface area contributed by atoms with Gasteiger partial charge < -0.3 is 0 Å². The second-order valence-electron chi connectivity index (χ2n) is 4.87. The largest absolute Gasteiger partial charge is 0.309 e. The van der Waals surface area contributed by atoms with Crippen LogP contribution >= 0.6 is 0 Å². The summed E-state index contributed by atoms with van der Waals surface area (Å²) < 4.78 is 1.76. The van der Waals surface area contributed by atoms with Gasteiger partial charge in [0.25, 0.3) is 0 Å². The van der Waals surface area contributed by atoms with Gasteiger partial charge in [-0.05, 0) is 27.2 Å². The molecule has 6 heteroatoms. The van der Waals surface area contributed by atoms with Gasteiger partial charge in [0.15, 0.2) is 0 Å². The molecule has 1 fully saturated rings. The first-order chi connectivity index (χ1) is 7.99. The topological polar surface area (TPSA) is 64.2 Å². The van der Waals surface area contributed by atoms with Crippen LogP contribution in [0.1, 0.15) is 32.0 Å². The molecule has 1 aliphatic rings. The Balaban J connectivity index is 2.14. The second kappa shape index (κ2) is 4.44. The highest BCUT2D eigenvalue weighted by atomic mass is 16.6. The number of aromatic nitrogens is 2. The van der Waals surface area contributed by atoms with Crippen molar-refractivity contribution < 1.29 is 4.92 Å². The third-order valence-electron chi connectivity index (χ3n) is 3.39. The number of hydrogen-bond donors (Lipinski definition) is 0. The molecule has 1 atom stereocenters. The molecule has 0 aromatic carbocycles. The van der Waals surface area contributed by atoms with Crippen LogP contribution in [0.25, 0.3) is 0 Å². The normalized spacial score (nSPS) is 21.3. The monoisotopic (exact) mass is 238 g/mol. The zero-order chi connectivity index (χ0) is 12.6. The minimum Gasteiger partial charge on any atom is -0.299 e. The highest BCUT2D eigenvalue weighted by molar-refractivity contribution is 5.31. The maximum Gasteiger partial charge on any atom is 0.309 e. The van der Waals surface area contributed by atoms with Gasteiger partial charge in [-0.3, -0.25) is 19.7 Å². The van der Waals surface area contributed by atoms with Crippen LogP contribution in [0.4, 0.5) is 5.69 Å². The second-order valence-corrected chi connectivity index (χ2v) is 4.87. The van der Waals surface area contributed by atoms with E-state index in [4.69, 9.17) is 0 Å². The van der Waals surface area contributed by atoms with Gasteiger partial charge in [0.1, 0.15) is 11.9 Å². The maximum atomic E-state index is 10.8. The van der Waals surface area contributed by atoms with Crippen LogP contribution in [0.3, 0.4) is 0 Å². The van der Waals surface area contributed by atoms with Crippen molar-refractivity contribution in [2.24, 2.45) is 0 Å². The van der Waals surface area contributed by atoms with E-state index in [9.17, 15) is 10.1 Å². The summed E-state index contributed by atoms with van der Waals surface area (Å²) in [5.74, 6) is 0. The Hall–Kier alpha value is -1.43. The molecule has 0 saturated carbocycles. The van der Waals surface area contributed by atoms with Gasteiger partial charge in [-0.2, -0.15) is 5.10 Å². The number of nitro groups is 1. The van der Waals surface area contributed by atoms with Crippen molar-refractivity contribution in [2.45, 2.75) is 39.3 Å². The summed E-state index contributed by atoms with van der Waals surface area (Å²) in [4.78, 5) is 12.8. The van der Waals surface area contributed by atoms with Crippen molar-refractivity contribution in [3.63, 3.8) is 0 Å². The minimum atomic E-state index is -0.367. The van der Waals surface area contributed by atoms with E-state index in [-0.39, 0.29) is 16.7 Å². The third kappa shape index (κ3) is 2.31. The summed E-state index contributed by atoms with van der Waals surface area (Å²) in [5.41, 5.74) is 0.617. The summed E-state index contributed by atoms with van der Waals surface area (Å²) in [5, 5.41) is 15.0. The Bertz CT molecular complexity index is 427. The zero-order valence-corrected chi connectivity index (χ0v) is 10.5. The van der Waals surface area contributed by atoms with Crippen LogP contribution in [-0.2, 0) is 0 Å². The summed E-state index contributed by atoms with van der Waals surface area (Å²) in [7, 11) is 0. The highest BCUT2D eigenvalue weighted by Crippen LogP contribution is 2.25. The van der Waals surface area contributed by atoms with Crippen LogP contribution in [-0.4, -0.2) is 38.7 Å². The lowest BCUT2D eigenvalue weighted by atomic mass is 10.3. The van der Waals surface area contributed by atoms with Crippen molar-refractivity contribution in [3.8, 4) is 0 Å². The van der Waals surface area contributed by atoms with E-state index in [2.05, 4.69) is 23.8 Å². The zero-order valence-electron chi connectivity index (χ0n) is 10.5. The van der Waals surface area contributed by atoms with Crippen molar-refractivity contribution in [2.75, 3.05) is 13.1 Å². The predicted molar refractivity (Wildman–Crippen MR) is 64.0 cm³/mol. The molecule has 1 aromatic rings. The molecular formula is C11H18N4O2. The lowest BCUT2D eigenvalue weighted by Gasteiger charge is -2.20. The summed E-state index contributed by atoms with van der Waals surface area (Å²) >= 11 is 0. The van der Waals surface area contributed by atoms with Crippen molar-refractivity contribution in [3.05, 3.63) is 22.0 Å². The van der Waals surface area contributed by atoms with Gasteiger partial charge in [-0.25, -0.2) is 0 Å². The Kier molecular flexibility index (Phi) is 3.15. The SMILES string of the molecule is Cc1nn([C@@H]2CCN(C(C)C)C2)cc1[N+](=O)[O-]. The van der Waals surface area contributed by atoms with E-state index in [1.54, 1.807) is 17.8 Å². The van der Waals surface area contributed by atoms with E-state index in [1.165, 1.54) is 0 Å². The van der Waals surface area contributed by atoms with E-state index in [0.717, 1.165) is 19.5 Å². The fourth-order valence-electron chi connectivity index (χ4n) is 2.29. The molecule has 2 rings (SSSR count). The number of likely N-dealkylation sites (tertiary alicyclic amines) is 1. The third-order valence-corrected chi connectivity index (χ3v) is 3.39. The fraction of sp³-hybridized carbons (Fsp3) is 0.727. The van der Waals surface area contributed by atoms with Crippen LogP contribution < -0.4 is 0 Å². The summed E-state index contributed by atoms with van der Waals surface area (Å²) in [6, 6.07) is 0.788. The Labute approximate surface area is 100 Å². The minimum absolute atomic E-state index is 0.119. The van der Waals surface area contributed by atoms with Gasteiger partial charge in [0.05, 0.1) is 11.0 Å². The average Bonchev–Trinajstić information content (AvgIpc) is 2.82. The Morgan fingerprint density at radius 1 is 1.59 bits per heavy atom. The predicted octanol–water partition coefficient (Wildman–Crippen LogP) is 1.75. The van der Waals surface area contributed by atoms with Crippen molar-refractivity contribution in [1.82, 2.24) is 14.7 Å². The van der Waals surface area contributed by atoms with E-state index >= 15 is 0 Å². The molecule has 1 aliphatic heterocycles. The van der Waals surface area contributed by atoms with Gasteiger partial charge in [0, 0.05) is 19.1 Å². The first-order valence-corrected chi connectivity index (χ1v) is 5.93. The lowest BCUT2D eigenvalue weighted by molar-refractivity contribution is -0.385. The van der Waals surface area contributed by atoms with Crippen LogP contribution in [0.15, 0.2) is 6.20 Å². The van der Waals surface area contributed by atoms with Gasteiger partial charge in [-0.15, -0.1) is 0 Å². The van der Waals surface area contributed by atoms with Crippen molar-refractivity contribution >= 4 is 5.69 Å². The molecule has 0 unspecified atom stereocenters. The first-order valence-electron chi connectivity index (χ1n) is 5.93. The highest BCUT2D eigenvalue weighted by Gasteiger charge is 2.28. The molecule has 0 spiro atoms. The number of rotatable bonds is 3. The summed E-state index contributed by atoms with van der Waals surface area (Å²) in [6.45, 7) is 7.98. The van der Waals surface area contributed by atoms with E-state index in [0.29, 0.717) is 11.7 Å². The molecule has 1 aromatic heterocycles. The van der Waals surface area contributed by atoms with E-state index < -0.39 is 0 Å².